The van der Waals surface area contributed by atoms with Crippen molar-refractivity contribution in [1.82, 2.24) is 0 Å². The van der Waals surface area contributed by atoms with Gasteiger partial charge in [-0.2, -0.15) is 0 Å². The van der Waals surface area contributed by atoms with E-state index >= 15 is 0 Å². The summed E-state index contributed by atoms with van der Waals surface area (Å²) in [6, 6.07) is 0. The third-order valence-corrected chi connectivity index (χ3v) is 14.6. The van der Waals surface area contributed by atoms with Crippen LogP contribution >= 0.6 is 0 Å². The van der Waals surface area contributed by atoms with Crippen LogP contribution in [0.4, 0.5) is 0 Å². The molecule has 212 valence electrons. The van der Waals surface area contributed by atoms with Gasteiger partial charge in [-0.15, -0.1) is 0 Å². The molecule has 0 aromatic carbocycles. The molecule has 3 fully saturated rings. The largest absolute Gasteiger partial charge is 0.466 e. The lowest BCUT2D eigenvalue weighted by Gasteiger charge is -2.41. The fourth-order valence-corrected chi connectivity index (χ4v) is 8.06. The molecule has 0 saturated heterocycles. The lowest BCUT2D eigenvalue weighted by molar-refractivity contribution is -0.143. The van der Waals surface area contributed by atoms with Crippen LogP contribution in [-0.2, 0) is 18.8 Å². The molecule has 1 N–H and O–H groups in total. The van der Waals surface area contributed by atoms with Crippen LogP contribution in [0.2, 0.25) is 18.1 Å². The number of rotatable bonds is 11. The topological polar surface area (TPSA) is 72.8 Å². The number of Topliss-reactive ketones (excluding diaryl/α,β-unsaturated/α-hetero) is 1. The molecule has 0 amide bonds. The Kier molecular flexibility index (Phi) is 10.3. The van der Waals surface area contributed by atoms with Crippen LogP contribution in [0.25, 0.3) is 0 Å². The minimum atomic E-state index is -1.90. The maximum Gasteiger partial charge on any atom is 0.305 e. The average Bonchev–Trinajstić information content (AvgIpc) is 3.37. The van der Waals surface area contributed by atoms with Crippen LogP contribution in [0.1, 0.15) is 105 Å². The molecule has 0 bridgehead atoms. The minimum absolute atomic E-state index is 0.0608. The maximum absolute atomic E-state index is 13.4. The smallest absolute Gasteiger partial charge is 0.305 e. The fraction of sp³-hybridized carbons (Fsp3) is 0.871. The van der Waals surface area contributed by atoms with Crippen molar-refractivity contribution in [3.63, 3.8) is 0 Å². The van der Waals surface area contributed by atoms with Gasteiger partial charge in [0, 0.05) is 18.3 Å². The summed E-state index contributed by atoms with van der Waals surface area (Å²) in [5, 5.41) is 11.4. The molecule has 3 aliphatic carbocycles. The van der Waals surface area contributed by atoms with E-state index in [-0.39, 0.29) is 34.7 Å². The van der Waals surface area contributed by atoms with E-state index in [0.29, 0.717) is 43.6 Å². The molecule has 0 aliphatic heterocycles. The van der Waals surface area contributed by atoms with Crippen molar-refractivity contribution in [2.75, 3.05) is 6.61 Å². The van der Waals surface area contributed by atoms with Gasteiger partial charge in [0.15, 0.2) is 8.32 Å². The lowest BCUT2D eigenvalue weighted by atomic mass is 9.80. The van der Waals surface area contributed by atoms with Gasteiger partial charge in [-0.25, -0.2) is 0 Å². The van der Waals surface area contributed by atoms with Gasteiger partial charge in [0.05, 0.1) is 18.3 Å². The second kappa shape index (κ2) is 12.5. The summed E-state index contributed by atoms with van der Waals surface area (Å²) in [5.74, 6) is 1.01. The zero-order valence-electron chi connectivity index (χ0n) is 24.7. The third-order valence-electron chi connectivity index (χ3n) is 10.1. The van der Waals surface area contributed by atoms with E-state index in [0.717, 1.165) is 19.3 Å². The Bertz CT molecular complexity index is 805. The summed E-state index contributed by atoms with van der Waals surface area (Å²) in [6.07, 6.45) is 15.4. The highest BCUT2D eigenvalue weighted by Gasteiger charge is 2.53. The van der Waals surface area contributed by atoms with Crippen LogP contribution in [0.3, 0.4) is 0 Å². The Morgan fingerprint density at radius 2 is 1.78 bits per heavy atom. The zero-order valence-corrected chi connectivity index (χ0v) is 25.7. The van der Waals surface area contributed by atoms with Gasteiger partial charge in [-0.1, -0.05) is 52.2 Å². The van der Waals surface area contributed by atoms with Crippen molar-refractivity contribution >= 4 is 20.1 Å². The molecular weight excluding hydrogens is 480 g/mol. The number of carbonyl (C=O) groups excluding carboxylic acids is 2. The zero-order chi connectivity index (χ0) is 27.4. The van der Waals surface area contributed by atoms with E-state index in [1.54, 1.807) is 13.8 Å². The number of aliphatic hydroxyl groups is 1. The number of hydrogen-bond donors (Lipinski definition) is 1. The number of hydrogen-bond acceptors (Lipinski definition) is 5. The van der Waals surface area contributed by atoms with E-state index in [4.69, 9.17) is 9.16 Å². The molecule has 0 aromatic heterocycles. The minimum Gasteiger partial charge on any atom is -0.466 e. The van der Waals surface area contributed by atoms with Crippen molar-refractivity contribution < 1.29 is 23.9 Å². The van der Waals surface area contributed by atoms with E-state index in [9.17, 15) is 14.7 Å². The van der Waals surface area contributed by atoms with Crippen molar-refractivity contribution in [3.8, 4) is 0 Å². The van der Waals surface area contributed by atoms with Crippen molar-refractivity contribution in [2.24, 2.45) is 29.6 Å². The highest BCUT2D eigenvalue weighted by molar-refractivity contribution is 6.74. The number of allylic oxidation sites excluding steroid dienone is 1. The third kappa shape index (κ3) is 7.57. The summed E-state index contributed by atoms with van der Waals surface area (Å²) in [7, 11) is -1.90. The molecule has 0 aromatic rings. The van der Waals surface area contributed by atoms with Gasteiger partial charge in [-0.05, 0) is 94.7 Å². The van der Waals surface area contributed by atoms with Gasteiger partial charge in [0.2, 0.25) is 0 Å². The summed E-state index contributed by atoms with van der Waals surface area (Å²) in [5.41, 5.74) is -1.07. The molecule has 0 radical (unpaired) electrons. The Morgan fingerprint density at radius 1 is 1.11 bits per heavy atom. The van der Waals surface area contributed by atoms with Crippen molar-refractivity contribution in [1.29, 1.82) is 0 Å². The van der Waals surface area contributed by atoms with Crippen LogP contribution in [0, 0.1) is 29.6 Å². The van der Waals surface area contributed by atoms with E-state index in [2.05, 4.69) is 46.0 Å². The molecule has 0 spiro atoms. The normalized spacial score (nSPS) is 29.9. The van der Waals surface area contributed by atoms with Crippen LogP contribution in [0.15, 0.2) is 12.2 Å². The Labute approximate surface area is 227 Å². The predicted molar refractivity (Wildman–Crippen MR) is 152 cm³/mol. The summed E-state index contributed by atoms with van der Waals surface area (Å²) in [4.78, 5) is 25.1. The first-order chi connectivity index (χ1) is 17.3. The van der Waals surface area contributed by atoms with Gasteiger partial charge < -0.3 is 14.3 Å². The molecule has 3 saturated carbocycles. The summed E-state index contributed by atoms with van der Waals surface area (Å²) < 4.78 is 12.0. The van der Waals surface area contributed by atoms with Gasteiger partial charge >= 0.3 is 5.97 Å². The lowest BCUT2D eigenvalue weighted by Crippen LogP contribution is -2.45. The molecule has 5 nitrogen and oxygen atoms in total. The predicted octanol–water partition coefficient (Wildman–Crippen LogP) is 7.23. The van der Waals surface area contributed by atoms with Crippen molar-refractivity contribution in [2.45, 2.75) is 135 Å². The molecular formula is C31H54O5Si. The first kappa shape index (κ1) is 30.6. The van der Waals surface area contributed by atoms with Gasteiger partial charge in [0.25, 0.3) is 0 Å². The molecule has 37 heavy (non-hydrogen) atoms. The van der Waals surface area contributed by atoms with Crippen LogP contribution in [-0.4, -0.2) is 43.5 Å². The number of carbonyl (C=O) groups is 2. The Balaban J connectivity index is 1.67. The van der Waals surface area contributed by atoms with Crippen molar-refractivity contribution in [3.05, 3.63) is 12.2 Å². The van der Waals surface area contributed by atoms with E-state index in [1.165, 1.54) is 32.1 Å². The second-order valence-electron chi connectivity index (χ2n) is 13.8. The Hall–Kier alpha value is -0.983. The SMILES string of the molecule is CCOC(=O)CCCC(C)(O)C1CC2C(C=CC(O[Si](C)(C)C(C)(C)C)C3CCCCC3)CCC2C1=O. The van der Waals surface area contributed by atoms with Gasteiger partial charge in [0.1, 0.15) is 5.78 Å². The molecule has 0 heterocycles. The van der Waals surface area contributed by atoms with Crippen LogP contribution < -0.4 is 0 Å². The second-order valence-corrected chi connectivity index (χ2v) is 18.6. The van der Waals surface area contributed by atoms with E-state index < -0.39 is 13.9 Å². The summed E-state index contributed by atoms with van der Waals surface area (Å²) in [6.45, 7) is 15.6. The van der Waals surface area contributed by atoms with E-state index in [1.807, 2.05) is 0 Å². The Morgan fingerprint density at radius 3 is 2.41 bits per heavy atom. The maximum atomic E-state index is 13.4. The number of fused-ring (bicyclic) bond motifs is 1. The number of ketones is 1. The number of ether oxygens (including phenoxy) is 1. The molecule has 6 atom stereocenters. The summed E-state index contributed by atoms with van der Waals surface area (Å²) >= 11 is 0. The molecule has 6 heteroatoms. The first-order valence-corrected chi connectivity index (χ1v) is 18.0. The molecule has 3 rings (SSSR count). The van der Waals surface area contributed by atoms with Gasteiger partial charge in [-0.3, -0.25) is 9.59 Å². The highest BCUT2D eigenvalue weighted by Crippen LogP contribution is 2.52. The average molecular weight is 535 g/mol. The first-order valence-electron chi connectivity index (χ1n) is 15.0. The standard InChI is InChI=1S/C31H54O5Si/c1-8-35-28(32)15-12-20-31(5,34)26-21-25-22(16-18-24(25)29(26)33)17-19-27(23-13-10-9-11-14-23)36-37(6,7)30(2,3)4/h17,19,22-27,34H,8-16,18,20-21H2,1-7H3. The molecule has 6 unspecified atom stereocenters. The van der Waals surface area contributed by atoms with Crippen LogP contribution in [0.5, 0.6) is 0 Å². The monoisotopic (exact) mass is 534 g/mol. The highest BCUT2D eigenvalue weighted by atomic mass is 28.4. The quantitative estimate of drug-likeness (QED) is 0.172. The molecule has 3 aliphatic rings. The fourth-order valence-electron chi connectivity index (χ4n) is 6.76. The number of esters is 1.